The maximum Gasteiger partial charge on any atom is 0.243 e. The molecule has 1 heterocycles. The number of nitrogen functional groups attached to an aromatic ring is 1. The molecular weight excluding hydrogens is 380 g/mol. The minimum Gasteiger partial charge on any atom is -0.448 e. The Morgan fingerprint density at radius 2 is 1.97 bits per heavy atom. The zero-order valence-corrected chi connectivity index (χ0v) is 16.1. The number of carbonyl (C=O) groups excluding carboxylic acids is 1. The number of benzene rings is 1. The Hall–Kier alpha value is -4.38. The van der Waals surface area contributed by atoms with Gasteiger partial charge in [-0.1, -0.05) is 30.8 Å². The average molecular weight is 400 g/mol. The molecule has 0 atom stereocenters. The van der Waals surface area contributed by atoms with Gasteiger partial charge >= 0.3 is 0 Å². The van der Waals surface area contributed by atoms with E-state index in [0.717, 1.165) is 0 Å². The van der Waals surface area contributed by atoms with E-state index in [1.165, 1.54) is 12.4 Å². The van der Waals surface area contributed by atoms with E-state index in [9.17, 15) is 4.79 Å². The van der Waals surface area contributed by atoms with Crippen LogP contribution in [-0.2, 0) is 4.79 Å². The molecule has 2 aromatic carbocycles. The van der Waals surface area contributed by atoms with Gasteiger partial charge in [-0.15, -0.1) is 0 Å². The largest absolute Gasteiger partial charge is 0.448 e. The van der Waals surface area contributed by atoms with Gasteiger partial charge in [0.25, 0.3) is 0 Å². The first-order valence-corrected chi connectivity index (χ1v) is 9.09. The van der Waals surface area contributed by atoms with Crippen LogP contribution in [0.15, 0.2) is 61.4 Å². The van der Waals surface area contributed by atoms with Gasteiger partial charge in [0.2, 0.25) is 5.91 Å². The number of nitrogens with one attached hydrogen (secondary N) is 3. The summed E-state index contributed by atoms with van der Waals surface area (Å²) in [4.78, 5) is 19.4. The number of rotatable bonds is 9. The van der Waals surface area contributed by atoms with E-state index >= 15 is 0 Å². The van der Waals surface area contributed by atoms with E-state index in [4.69, 9.17) is 15.9 Å². The number of nitrogens with two attached hydrogens (primary N) is 1. The average Bonchev–Trinajstić information content (AvgIpc) is 2.77. The molecule has 1 aromatic heterocycles. The van der Waals surface area contributed by atoms with Crippen molar-refractivity contribution in [2.45, 2.75) is 0 Å². The van der Waals surface area contributed by atoms with Gasteiger partial charge in [-0.3, -0.25) is 10.2 Å². The number of nitrogens with zero attached hydrogens (tertiary/aromatic N) is 2. The maximum atomic E-state index is 11.2. The van der Waals surface area contributed by atoms with Crippen LogP contribution < -0.4 is 21.1 Å². The standard InChI is InChI=1S/C22H20N6O2/c1-2-18(29)25-12-13-26-22-19(21(24)27-14-28-22)20(23)15-8-10-17(11-9-15)30-16-6-4-3-5-7-16/h2-8,10,14,23H,1,12-13H2,(H,25,29)(H3,24,26,27,28). The molecule has 0 aliphatic carbocycles. The second-order valence-corrected chi connectivity index (χ2v) is 6.06. The molecule has 0 radical (unpaired) electrons. The number of ether oxygens (including phenoxy) is 1. The summed E-state index contributed by atoms with van der Waals surface area (Å²) >= 11 is 0. The molecule has 0 aliphatic rings. The minimum atomic E-state index is -0.269. The van der Waals surface area contributed by atoms with Gasteiger partial charge in [-0.25, -0.2) is 9.97 Å². The Morgan fingerprint density at radius 3 is 2.67 bits per heavy atom. The first-order valence-electron chi connectivity index (χ1n) is 9.09. The molecule has 0 aliphatic heterocycles. The van der Waals surface area contributed by atoms with E-state index in [2.05, 4.69) is 39.3 Å². The second-order valence-electron chi connectivity index (χ2n) is 6.06. The SMILES string of the molecule is C=CC(=O)NCCNc1ncnc(N)c1C(=N)c1c#cc(Oc2ccccc2)cc1. The van der Waals surface area contributed by atoms with Crippen molar-refractivity contribution in [2.75, 3.05) is 24.1 Å². The predicted octanol–water partition coefficient (Wildman–Crippen LogP) is 2.58. The van der Waals surface area contributed by atoms with Crippen LogP contribution in [0.2, 0.25) is 0 Å². The molecule has 3 rings (SSSR count). The number of carbonyl (C=O) groups is 1. The maximum absolute atomic E-state index is 11.2. The lowest BCUT2D eigenvalue weighted by molar-refractivity contribution is -0.116. The normalized spacial score (nSPS) is 9.87. The van der Waals surface area contributed by atoms with Crippen LogP contribution in [0.4, 0.5) is 11.6 Å². The van der Waals surface area contributed by atoms with Crippen LogP contribution >= 0.6 is 0 Å². The number of aromatic nitrogens is 2. The fourth-order valence-electron chi connectivity index (χ4n) is 2.55. The molecule has 150 valence electrons. The molecule has 3 aromatic rings. The van der Waals surface area contributed by atoms with Crippen LogP contribution in [0, 0.1) is 17.5 Å². The first-order chi connectivity index (χ1) is 14.6. The van der Waals surface area contributed by atoms with E-state index < -0.39 is 0 Å². The quantitative estimate of drug-likeness (QED) is 0.248. The molecule has 8 heteroatoms. The highest BCUT2D eigenvalue weighted by Crippen LogP contribution is 2.23. The summed E-state index contributed by atoms with van der Waals surface area (Å²) in [6.07, 6.45) is 2.50. The molecule has 0 saturated carbocycles. The fraction of sp³-hybridized carbons (Fsp3) is 0.0909. The van der Waals surface area contributed by atoms with Crippen molar-refractivity contribution in [3.8, 4) is 11.5 Å². The smallest absolute Gasteiger partial charge is 0.243 e. The molecule has 30 heavy (non-hydrogen) atoms. The number of anilines is 2. The fourth-order valence-corrected chi connectivity index (χ4v) is 2.55. The van der Waals surface area contributed by atoms with Crippen molar-refractivity contribution in [1.29, 1.82) is 5.41 Å². The highest BCUT2D eigenvalue weighted by Gasteiger charge is 2.16. The number of hydrogen-bond acceptors (Lipinski definition) is 7. The van der Waals surface area contributed by atoms with E-state index in [1.807, 2.05) is 30.3 Å². The van der Waals surface area contributed by atoms with E-state index in [1.54, 1.807) is 12.1 Å². The van der Waals surface area contributed by atoms with E-state index in [0.29, 0.717) is 41.5 Å². The van der Waals surface area contributed by atoms with Gasteiger partial charge in [0.15, 0.2) is 5.75 Å². The van der Waals surface area contributed by atoms with Gasteiger partial charge in [0, 0.05) is 13.1 Å². The highest BCUT2D eigenvalue weighted by atomic mass is 16.5. The lowest BCUT2D eigenvalue weighted by atomic mass is 10.0. The predicted molar refractivity (Wildman–Crippen MR) is 115 cm³/mol. The minimum absolute atomic E-state index is 0.0910. The summed E-state index contributed by atoms with van der Waals surface area (Å²) in [6, 6.07) is 18.5. The molecule has 8 nitrogen and oxygen atoms in total. The lowest BCUT2D eigenvalue weighted by Gasteiger charge is -2.13. The first kappa shape index (κ1) is 20.4. The third-order valence-electron chi connectivity index (χ3n) is 3.99. The topological polar surface area (TPSA) is 126 Å². The van der Waals surface area contributed by atoms with E-state index in [-0.39, 0.29) is 17.4 Å². The van der Waals surface area contributed by atoms with Crippen molar-refractivity contribution in [2.24, 2.45) is 0 Å². The summed E-state index contributed by atoms with van der Waals surface area (Å²) in [5, 5.41) is 14.3. The number of hydrogen-bond donors (Lipinski definition) is 4. The van der Waals surface area contributed by atoms with Gasteiger partial charge < -0.3 is 21.1 Å². The van der Waals surface area contributed by atoms with Crippen LogP contribution in [0.5, 0.6) is 11.5 Å². The van der Waals surface area contributed by atoms with Gasteiger partial charge in [-0.05, 0) is 36.4 Å². The third kappa shape index (κ3) is 5.11. The zero-order chi connectivity index (χ0) is 21.3. The Balaban J connectivity index is 1.72. The highest BCUT2D eigenvalue weighted by molar-refractivity contribution is 6.15. The van der Waals surface area contributed by atoms with Crippen LogP contribution in [0.25, 0.3) is 0 Å². The van der Waals surface area contributed by atoms with Crippen LogP contribution in [-0.4, -0.2) is 34.7 Å². The zero-order valence-electron chi connectivity index (χ0n) is 16.1. The Bertz CT molecular complexity index is 1040. The molecule has 0 spiro atoms. The Labute approximate surface area is 174 Å². The molecule has 5 N–H and O–H groups in total. The van der Waals surface area contributed by atoms with Crippen molar-refractivity contribution in [3.05, 3.63) is 84.7 Å². The Morgan fingerprint density at radius 1 is 1.17 bits per heavy atom. The van der Waals surface area contributed by atoms with Crippen molar-refractivity contribution in [3.63, 3.8) is 0 Å². The van der Waals surface area contributed by atoms with Crippen molar-refractivity contribution < 1.29 is 9.53 Å². The molecule has 0 bridgehead atoms. The van der Waals surface area contributed by atoms with Gasteiger partial charge in [0.1, 0.15) is 23.7 Å². The van der Waals surface area contributed by atoms with Gasteiger partial charge in [-0.2, -0.15) is 0 Å². The molecule has 0 fully saturated rings. The monoisotopic (exact) mass is 400 g/mol. The third-order valence-corrected chi connectivity index (χ3v) is 3.99. The second kappa shape index (κ2) is 9.71. The van der Waals surface area contributed by atoms with Gasteiger partial charge in [0.05, 0.1) is 16.8 Å². The summed E-state index contributed by atoms with van der Waals surface area (Å²) in [5.41, 5.74) is 6.89. The molecule has 1 amide bonds. The number of para-hydroxylation sites is 1. The summed E-state index contributed by atoms with van der Waals surface area (Å²) in [6.45, 7) is 4.14. The van der Waals surface area contributed by atoms with Crippen molar-refractivity contribution in [1.82, 2.24) is 15.3 Å². The summed E-state index contributed by atoms with van der Waals surface area (Å²) in [5.74, 6) is 1.44. The van der Waals surface area contributed by atoms with Crippen LogP contribution in [0.1, 0.15) is 11.1 Å². The summed E-state index contributed by atoms with van der Waals surface area (Å²) in [7, 11) is 0. The summed E-state index contributed by atoms with van der Waals surface area (Å²) < 4.78 is 5.70. The van der Waals surface area contributed by atoms with Crippen molar-refractivity contribution >= 4 is 23.3 Å². The molecular formula is C22H20N6O2. The van der Waals surface area contributed by atoms with Crippen LogP contribution in [0.3, 0.4) is 0 Å². The molecule has 0 saturated heterocycles. The number of amides is 1. The Kier molecular flexibility index (Phi) is 6.59. The lowest BCUT2D eigenvalue weighted by Crippen LogP contribution is -2.27. The molecule has 0 unspecified atom stereocenters.